The van der Waals surface area contributed by atoms with Crippen LogP contribution < -0.4 is 5.32 Å². The van der Waals surface area contributed by atoms with Crippen LogP contribution in [0.1, 0.15) is 63.5 Å². The maximum absolute atomic E-state index is 13.3. The molecule has 53 heavy (non-hydrogen) atoms. The summed E-state index contributed by atoms with van der Waals surface area (Å²) in [6, 6.07) is 31.6. The van der Waals surface area contributed by atoms with E-state index in [9.17, 15) is 14.4 Å². The summed E-state index contributed by atoms with van der Waals surface area (Å²) < 4.78 is 6.18. The number of nitrogens with zero attached hydrogens (tertiary/aromatic N) is 4. The number of benzene rings is 4. The molecule has 0 unspecified atom stereocenters. The number of H-pyrrole nitrogens is 1. The van der Waals surface area contributed by atoms with Gasteiger partial charge in [-0.1, -0.05) is 74.5 Å². The molecule has 272 valence electrons. The average molecular weight is 711 g/mol. The summed E-state index contributed by atoms with van der Waals surface area (Å²) in [6.07, 6.45) is 3.87. The van der Waals surface area contributed by atoms with Crippen molar-refractivity contribution in [1.82, 2.24) is 24.8 Å². The Bertz CT molecular complexity index is 2140. The number of imidazole rings is 1. The summed E-state index contributed by atoms with van der Waals surface area (Å²) in [6.45, 7) is 8.95. The lowest BCUT2D eigenvalue weighted by atomic mass is 10.1. The van der Waals surface area contributed by atoms with Crippen molar-refractivity contribution in [2.45, 2.75) is 65.5 Å². The van der Waals surface area contributed by atoms with Gasteiger partial charge in [-0.15, -0.1) is 0 Å². The second-order valence-corrected chi connectivity index (χ2v) is 13.3. The second kappa shape index (κ2) is 17.0. The molecule has 0 aliphatic heterocycles. The molecule has 2 N–H and O–H groups in total. The van der Waals surface area contributed by atoms with E-state index in [0.29, 0.717) is 36.8 Å². The van der Waals surface area contributed by atoms with E-state index in [2.05, 4.69) is 22.2 Å². The highest BCUT2D eigenvalue weighted by Crippen LogP contribution is 2.30. The van der Waals surface area contributed by atoms with Gasteiger partial charge in [0.1, 0.15) is 11.9 Å². The minimum Gasteiger partial charge on any atom is -0.436 e. The van der Waals surface area contributed by atoms with Crippen LogP contribution in [-0.2, 0) is 27.2 Å². The second-order valence-electron chi connectivity index (χ2n) is 13.3. The molecule has 2 aromatic heterocycles. The van der Waals surface area contributed by atoms with E-state index in [0.717, 1.165) is 52.0 Å². The van der Waals surface area contributed by atoms with Crippen LogP contribution in [0.15, 0.2) is 114 Å². The topological polar surface area (TPSA) is 124 Å². The normalized spacial score (nSPS) is 12.3. The number of carbonyl (C=O) groups is 3. The molecule has 6 rings (SSSR count). The summed E-state index contributed by atoms with van der Waals surface area (Å²) >= 11 is 0. The van der Waals surface area contributed by atoms with E-state index in [1.54, 1.807) is 30.2 Å². The number of aromatic nitrogens is 3. The van der Waals surface area contributed by atoms with E-state index < -0.39 is 6.04 Å². The van der Waals surface area contributed by atoms with Crippen molar-refractivity contribution in [1.29, 1.82) is 0 Å². The Hall–Kier alpha value is -6.03. The number of hydrogen-bond acceptors (Lipinski definition) is 6. The van der Waals surface area contributed by atoms with Crippen LogP contribution in [0.25, 0.3) is 33.8 Å². The highest BCUT2D eigenvalue weighted by atomic mass is 16.4. The maximum atomic E-state index is 13.3. The third-order valence-corrected chi connectivity index (χ3v) is 9.37. The molecule has 3 amide bonds. The van der Waals surface area contributed by atoms with Gasteiger partial charge in [-0.25, -0.2) is 9.97 Å². The number of amides is 3. The minimum atomic E-state index is -0.635. The Morgan fingerprint density at radius 3 is 1.96 bits per heavy atom. The van der Waals surface area contributed by atoms with Gasteiger partial charge in [0, 0.05) is 29.9 Å². The Morgan fingerprint density at radius 1 is 0.755 bits per heavy atom. The van der Waals surface area contributed by atoms with E-state index in [-0.39, 0.29) is 30.2 Å². The molecule has 4 aromatic carbocycles. The number of nitrogens with one attached hydrogen (secondary N) is 2. The number of aromatic amines is 1. The molecule has 0 fully saturated rings. The largest absolute Gasteiger partial charge is 0.436 e. The first-order chi connectivity index (χ1) is 25.7. The SMILES string of the molecule is CCCN(C(=O)Cc1ccccc1)[C@@H](C)C(=O)Nc1ccc(-c2ncc(-c3ccc4nc([C@H](C)N(CCC)C(=O)Cc5ccccc5)[nH]c4c3)o2)cc1. The fraction of sp³-hybridized carbons (Fsp3) is 0.279. The minimum absolute atomic E-state index is 0.0653. The molecule has 2 atom stereocenters. The smallest absolute Gasteiger partial charge is 0.246 e. The molecule has 10 nitrogen and oxygen atoms in total. The molecular formula is C43H46N6O4. The lowest BCUT2D eigenvalue weighted by Crippen LogP contribution is -2.46. The predicted molar refractivity (Wildman–Crippen MR) is 208 cm³/mol. The van der Waals surface area contributed by atoms with Crippen LogP contribution in [0.2, 0.25) is 0 Å². The van der Waals surface area contributed by atoms with Crippen molar-refractivity contribution in [3.8, 4) is 22.8 Å². The predicted octanol–water partition coefficient (Wildman–Crippen LogP) is 8.24. The third kappa shape index (κ3) is 8.89. The molecule has 0 saturated heterocycles. The van der Waals surface area contributed by atoms with Crippen molar-refractivity contribution in [3.05, 3.63) is 126 Å². The van der Waals surface area contributed by atoms with E-state index >= 15 is 0 Å². The van der Waals surface area contributed by atoms with Gasteiger partial charge in [-0.2, -0.15) is 0 Å². The van der Waals surface area contributed by atoms with Gasteiger partial charge in [0.2, 0.25) is 23.6 Å². The standard InChI is InChI=1S/C43H46N6O4/c1-5-23-48(39(50)25-31-13-9-7-10-14-31)29(3)41-46-36-22-19-34(27-37(36)47-41)38-28-44-43(53-38)33-17-20-35(21-18-33)45-42(52)30(4)49(24-6-2)40(51)26-32-15-11-8-12-16-32/h7-22,27-30H,5-6,23-26H2,1-4H3,(H,45,52)(H,46,47)/t29-,30-/m0/s1. The van der Waals surface area contributed by atoms with Gasteiger partial charge < -0.3 is 24.5 Å². The van der Waals surface area contributed by atoms with Crippen LogP contribution >= 0.6 is 0 Å². The van der Waals surface area contributed by atoms with Crippen LogP contribution in [0, 0.1) is 0 Å². The van der Waals surface area contributed by atoms with E-state index in [1.807, 2.05) is 110 Å². The number of carbonyl (C=O) groups excluding carboxylic acids is 3. The van der Waals surface area contributed by atoms with Gasteiger partial charge in [0.15, 0.2) is 5.76 Å². The van der Waals surface area contributed by atoms with Gasteiger partial charge >= 0.3 is 0 Å². The highest BCUT2D eigenvalue weighted by molar-refractivity contribution is 5.97. The van der Waals surface area contributed by atoms with Crippen LogP contribution in [0.4, 0.5) is 5.69 Å². The molecule has 0 radical (unpaired) electrons. The Kier molecular flexibility index (Phi) is 11.8. The molecule has 0 bridgehead atoms. The molecular weight excluding hydrogens is 665 g/mol. The number of hydrogen-bond donors (Lipinski definition) is 2. The van der Waals surface area contributed by atoms with Gasteiger partial charge in [-0.3, -0.25) is 14.4 Å². The monoisotopic (exact) mass is 710 g/mol. The van der Waals surface area contributed by atoms with Crippen molar-refractivity contribution < 1.29 is 18.8 Å². The number of anilines is 1. The molecule has 0 aliphatic carbocycles. The van der Waals surface area contributed by atoms with Crippen LogP contribution in [0.5, 0.6) is 0 Å². The molecule has 10 heteroatoms. The first kappa shape index (κ1) is 36.8. The third-order valence-electron chi connectivity index (χ3n) is 9.37. The van der Waals surface area contributed by atoms with Crippen molar-refractivity contribution >= 4 is 34.4 Å². The molecule has 0 aliphatic rings. The molecule has 6 aromatic rings. The Labute approximate surface area is 310 Å². The summed E-state index contributed by atoms with van der Waals surface area (Å²) in [5, 5.41) is 2.95. The first-order valence-electron chi connectivity index (χ1n) is 18.3. The number of oxazole rings is 1. The van der Waals surface area contributed by atoms with Gasteiger partial charge in [0.05, 0.1) is 36.1 Å². The van der Waals surface area contributed by atoms with Crippen molar-refractivity contribution in [2.75, 3.05) is 18.4 Å². The van der Waals surface area contributed by atoms with Crippen LogP contribution in [-0.4, -0.2) is 61.6 Å². The number of fused-ring (bicyclic) bond motifs is 1. The highest BCUT2D eigenvalue weighted by Gasteiger charge is 2.26. The summed E-state index contributed by atoms with van der Waals surface area (Å²) in [7, 11) is 0. The number of rotatable bonds is 15. The Balaban J connectivity index is 1.10. The van der Waals surface area contributed by atoms with E-state index in [4.69, 9.17) is 9.40 Å². The Morgan fingerprint density at radius 2 is 1.34 bits per heavy atom. The van der Waals surface area contributed by atoms with E-state index in [1.165, 1.54) is 0 Å². The van der Waals surface area contributed by atoms with Crippen molar-refractivity contribution in [2.24, 2.45) is 0 Å². The lowest BCUT2D eigenvalue weighted by Gasteiger charge is -2.28. The molecule has 0 saturated carbocycles. The zero-order valence-electron chi connectivity index (χ0n) is 30.7. The van der Waals surface area contributed by atoms with Crippen LogP contribution in [0.3, 0.4) is 0 Å². The maximum Gasteiger partial charge on any atom is 0.246 e. The zero-order valence-corrected chi connectivity index (χ0v) is 30.7. The summed E-state index contributed by atoms with van der Waals surface area (Å²) in [4.78, 5) is 56.0. The average Bonchev–Trinajstić information content (AvgIpc) is 3.84. The summed E-state index contributed by atoms with van der Waals surface area (Å²) in [5.74, 6) is 1.49. The zero-order chi connectivity index (χ0) is 37.3. The fourth-order valence-corrected chi connectivity index (χ4v) is 6.45. The first-order valence-corrected chi connectivity index (χ1v) is 18.3. The van der Waals surface area contributed by atoms with Crippen molar-refractivity contribution in [3.63, 3.8) is 0 Å². The van der Waals surface area contributed by atoms with Gasteiger partial charge in [-0.05, 0) is 80.3 Å². The molecule has 2 heterocycles. The fourth-order valence-electron chi connectivity index (χ4n) is 6.45. The lowest BCUT2D eigenvalue weighted by molar-refractivity contribution is -0.137. The summed E-state index contributed by atoms with van der Waals surface area (Å²) in [5.41, 5.74) is 5.74. The van der Waals surface area contributed by atoms with Gasteiger partial charge in [0.25, 0.3) is 0 Å². The molecule has 0 spiro atoms. The quantitative estimate of drug-likeness (QED) is 0.111.